The first-order chi connectivity index (χ1) is 12.9. The molecule has 27 heavy (non-hydrogen) atoms. The molecule has 1 unspecified atom stereocenters. The number of nitrogen functional groups attached to an aromatic ring is 1. The number of aryl methyl sites for hydroxylation is 1. The maximum atomic E-state index is 6.34. The summed E-state index contributed by atoms with van der Waals surface area (Å²) in [4.78, 5) is 4.63. The second-order valence-corrected chi connectivity index (χ2v) is 8.31. The predicted molar refractivity (Wildman–Crippen MR) is 115 cm³/mol. The molecule has 0 spiro atoms. The van der Waals surface area contributed by atoms with E-state index in [0.717, 1.165) is 39.6 Å². The molecule has 0 amide bonds. The number of thiazole rings is 1. The summed E-state index contributed by atoms with van der Waals surface area (Å²) in [5.74, 6) is 0. The summed E-state index contributed by atoms with van der Waals surface area (Å²) in [7, 11) is 0. The monoisotopic (exact) mass is 416 g/mol. The van der Waals surface area contributed by atoms with Crippen molar-refractivity contribution < 1.29 is 0 Å². The zero-order valence-electron chi connectivity index (χ0n) is 14.9. The van der Waals surface area contributed by atoms with Crippen LogP contribution in [0.25, 0.3) is 0 Å². The molecule has 2 aromatic carbocycles. The first kappa shape index (κ1) is 18.3. The summed E-state index contributed by atoms with van der Waals surface area (Å²) < 4.78 is 0. The third-order valence-corrected chi connectivity index (χ3v) is 6.20. The largest absolute Gasteiger partial charge is 0.399 e. The second kappa shape index (κ2) is 7.15. The summed E-state index contributed by atoms with van der Waals surface area (Å²) in [6.45, 7) is 4.12. The molecule has 3 aromatic rings. The van der Waals surface area contributed by atoms with Crippen LogP contribution in [0.15, 0.2) is 46.9 Å². The lowest BCUT2D eigenvalue weighted by atomic mass is 9.94. The molecule has 2 N–H and O–H groups in total. The van der Waals surface area contributed by atoms with Gasteiger partial charge in [-0.2, -0.15) is 5.10 Å². The molecule has 7 heteroatoms. The highest BCUT2D eigenvalue weighted by molar-refractivity contribution is 7.13. The maximum Gasteiger partial charge on any atom is 0.206 e. The van der Waals surface area contributed by atoms with Crippen molar-refractivity contribution in [3.63, 3.8) is 0 Å². The van der Waals surface area contributed by atoms with Gasteiger partial charge in [0, 0.05) is 22.2 Å². The van der Waals surface area contributed by atoms with Crippen molar-refractivity contribution in [2.75, 3.05) is 10.7 Å². The third-order valence-electron chi connectivity index (χ3n) is 4.53. The molecule has 1 aromatic heterocycles. The Bertz CT molecular complexity index is 1030. The van der Waals surface area contributed by atoms with Crippen LogP contribution in [0, 0.1) is 6.92 Å². The van der Waals surface area contributed by atoms with E-state index in [1.54, 1.807) is 11.3 Å². The zero-order valence-corrected chi connectivity index (χ0v) is 17.2. The van der Waals surface area contributed by atoms with E-state index in [0.29, 0.717) is 15.7 Å². The van der Waals surface area contributed by atoms with E-state index >= 15 is 0 Å². The van der Waals surface area contributed by atoms with Crippen LogP contribution in [-0.2, 0) is 6.42 Å². The number of aromatic nitrogens is 1. The number of benzene rings is 2. The van der Waals surface area contributed by atoms with E-state index in [1.807, 2.05) is 53.7 Å². The molecule has 4 rings (SSSR count). The smallest absolute Gasteiger partial charge is 0.206 e. The van der Waals surface area contributed by atoms with Crippen molar-refractivity contribution in [1.29, 1.82) is 0 Å². The van der Waals surface area contributed by atoms with Gasteiger partial charge in [-0.05, 0) is 50.1 Å². The summed E-state index contributed by atoms with van der Waals surface area (Å²) in [6.07, 6.45) is 0.785. The second-order valence-electron chi connectivity index (χ2n) is 6.66. The van der Waals surface area contributed by atoms with Gasteiger partial charge in [0.25, 0.3) is 0 Å². The van der Waals surface area contributed by atoms with E-state index in [4.69, 9.17) is 34.0 Å². The quantitative estimate of drug-likeness (QED) is 0.557. The van der Waals surface area contributed by atoms with Gasteiger partial charge in [0.05, 0.1) is 27.5 Å². The van der Waals surface area contributed by atoms with Crippen LogP contribution < -0.4 is 10.7 Å². The average molecular weight is 417 g/mol. The van der Waals surface area contributed by atoms with E-state index in [1.165, 1.54) is 0 Å². The predicted octanol–water partition coefficient (Wildman–Crippen LogP) is 5.54. The molecular formula is C20H18Cl2N4S. The molecule has 0 fully saturated rings. The zero-order chi connectivity index (χ0) is 19.1. The highest BCUT2D eigenvalue weighted by atomic mass is 35.5. The van der Waals surface area contributed by atoms with Crippen LogP contribution in [0.5, 0.6) is 0 Å². The molecule has 0 radical (unpaired) electrons. The van der Waals surface area contributed by atoms with Crippen LogP contribution >= 0.6 is 34.5 Å². The van der Waals surface area contributed by atoms with Crippen molar-refractivity contribution in [2.45, 2.75) is 26.3 Å². The van der Waals surface area contributed by atoms with E-state index in [9.17, 15) is 0 Å². The van der Waals surface area contributed by atoms with Crippen molar-refractivity contribution >= 4 is 51.1 Å². The lowest BCUT2D eigenvalue weighted by molar-refractivity contribution is 0.655. The Morgan fingerprint density at radius 2 is 1.85 bits per heavy atom. The van der Waals surface area contributed by atoms with E-state index < -0.39 is 0 Å². The van der Waals surface area contributed by atoms with Gasteiger partial charge < -0.3 is 5.73 Å². The number of hydrazone groups is 1. The molecular weight excluding hydrogens is 399 g/mol. The number of nitrogens with two attached hydrogens (primary N) is 1. The Balaban J connectivity index is 1.93. The van der Waals surface area contributed by atoms with Crippen molar-refractivity contribution in [3.05, 3.63) is 74.2 Å². The Hall–Kier alpha value is -2.08. The third kappa shape index (κ3) is 3.55. The number of hydrogen-bond acceptors (Lipinski definition) is 5. The van der Waals surface area contributed by atoms with Crippen molar-refractivity contribution in [1.82, 2.24) is 4.98 Å². The Morgan fingerprint density at radius 1 is 1.15 bits per heavy atom. The SMILES string of the molecule is Cc1csc(N2N=C(c3ccc(N)cc3)c3cc(Cl)c(Cl)cc3CC2C)n1. The van der Waals surface area contributed by atoms with Crippen molar-refractivity contribution in [2.24, 2.45) is 5.10 Å². The highest BCUT2D eigenvalue weighted by Gasteiger charge is 2.26. The molecule has 0 saturated heterocycles. The van der Waals surface area contributed by atoms with Crippen LogP contribution in [0.2, 0.25) is 10.0 Å². The first-order valence-corrected chi connectivity index (χ1v) is 10.2. The van der Waals surface area contributed by atoms with Crippen LogP contribution in [-0.4, -0.2) is 16.7 Å². The molecule has 2 heterocycles. The number of rotatable bonds is 2. The lowest BCUT2D eigenvalue weighted by Gasteiger charge is -2.22. The lowest BCUT2D eigenvalue weighted by Crippen LogP contribution is -2.29. The molecule has 0 bridgehead atoms. The van der Waals surface area contributed by atoms with Crippen LogP contribution in [0.4, 0.5) is 10.8 Å². The minimum Gasteiger partial charge on any atom is -0.399 e. The number of fused-ring (bicyclic) bond motifs is 1. The molecule has 1 atom stereocenters. The summed E-state index contributed by atoms with van der Waals surface area (Å²) >= 11 is 14.2. The minimum atomic E-state index is 0.123. The van der Waals surface area contributed by atoms with Gasteiger partial charge in [-0.1, -0.05) is 35.3 Å². The molecule has 4 nitrogen and oxygen atoms in total. The minimum absolute atomic E-state index is 0.123. The normalized spacial score (nSPS) is 16.7. The molecule has 0 aliphatic carbocycles. The number of halogens is 2. The summed E-state index contributed by atoms with van der Waals surface area (Å²) in [5.41, 5.74) is 11.5. The fourth-order valence-electron chi connectivity index (χ4n) is 3.17. The number of nitrogens with zero attached hydrogens (tertiary/aromatic N) is 3. The fraction of sp³-hybridized carbons (Fsp3) is 0.200. The molecule has 138 valence electrons. The summed E-state index contributed by atoms with van der Waals surface area (Å²) in [5, 5.41) is 11.0. The first-order valence-electron chi connectivity index (χ1n) is 8.56. The van der Waals surface area contributed by atoms with Gasteiger partial charge in [0.2, 0.25) is 5.13 Å². The van der Waals surface area contributed by atoms with E-state index in [2.05, 4.69) is 11.9 Å². The van der Waals surface area contributed by atoms with Gasteiger partial charge in [-0.25, -0.2) is 9.99 Å². The topological polar surface area (TPSA) is 54.5 Å². The molecule has 1 aliphatic heterocycles. The van der Waals surface area contributed by atoms with Gasteiger partial charge >= 0.3 is 0 Å². The number of hydrogen-bond donors (Lipinski definition) is 1. The van der Waals surface area contributed by atoms with Crippen LogP contribution in [0.1, 0.15) is 29.3 Å². The summed E-state index contributed by atoms with van der Waals surface area (Å²) in [6, 6.07) is 11.7. The Labute approximate surface area is 172 Å². The number of anilines is 2. The van der Waals surface area contributed by atoms with E-state index in [-0.39, 0.29) is 6.04 Å². The Kier molecular flexibility index (Phi) is 4.84. The van der Waals surface area contributed by atoms with Crippen LogP contribution in [0.3, 0.4) is 0 Å². The molecule has 1 aliphatic rings. The van der Waals surface area contributed by atoms with Gasteiger partial charge in [0.15, 0.2) is 0 Å². The fourth-order valence-corrected chi connectivity index (χ4v) is 4.38. The highest BCUT2D eigenvalue weighted by Crippen LogP contribution is 2.33. The average Bonchev–Trinajstić information content (AvgIpc) is 3.00. The maximum absolute atomic E-state index is 6.34. The van der Waals surface area contributed by atoms with Gasteiger partial charge in [-0.3, -0.25) is 0 Å². The molecule has 0 saturated carbocycles. The standard InChI is InChI=1S/C20H18Cl2N4S/c1-11-10-27-20(24-11)26-12(2)7-14-8-17(21)18(22)9-16(14)19(25-26)13-3-5-15(23)6-4-13/h3-6,8-10,12H,7,23H2,1-2H3. The van der Waals surface area contributed by atoms with Crippen molar-refractivity contribution in [3.8, 4) is 0 Å². The van der Waals surface area contributed by atoms with Gasteiger partial charge in [0.1, 0.15) is 0 Å². The van der Waals surface area contributed by atoms with Gasteiger partial charge in [-0.15, -0.1) is 11.3 Å². The Morgan fingerprint density at radius 3 is 2.52 bits per heavy atom.